The number of rotatable bonds is 6. The molecule has 0 saturated carbocycles. The van der Waals surface area contributed by atoms with Crippen molar-refractivity contribution in [2.45, 2.75) is 11.3 Å². The number of para-hydroxylation sites is 1. The van der Waals surface area contributed by atoms with Gasteiger partial charge in [0.2, 0.25) is 0 Å². The molecule has 0 N–H and O–H groups in total. The fourth-order valence-electron chi connectivity index (χ4n) is 4.22. The molecular weight excluding hydrogens is 456 g/mol. The lowest BCUT2D eigenvalue weighted by Crippen LogP contribution is -2.33. The maximum absolute atomic E-state index is 13.2. The Morgan fingerprint density at radius 1 is 0.882 bits per heavy atom. The third kappa shape index (κ3) is 3.63. The minimum absolute atomic E-state index is 0.0148. The number of sulfonamides is 1. The van der Waals surface area contributed by atoms with Crippen LogP contribution in [0.25, 0.3) is 0 Å². The third-order valence-electron chi connectivity index (χ3n) is 5.93. The molecule has 34 heavy (non-hydrogen) atoms. The SMILES string of the molecule is O=C(OCCN1C(=O)c2ccccc2C1=O)c1cccc(S(=O)(=O)N2CCc3ccccc32)c1. The molecule has 0 aromatic heterocycles. The van der Waals surface area contributed by atoms with Crippen molar-refractivity contribution in [1.82, 2.24) is 4.90 Å². The van der Waals surface area contributed by atoms with Crippen LogP contribution in [0.15, 0.2) is 77.7 Å². The molecule has 0 saturated heterocycles. The van der Waals surface area contributed by atoms with E-state index >= 15 is 0 Å². The predicted octanol–water partition coefficient (Wildman–Crippen LogP) is 2.89. The largest absolute Gasteiger partial charge is 0.460 e. The number of hydrogen-bond acceptors (Lipinski definition) is 6. The van der Waals surface area contributed by atoms with Crippen LogP contribution in [0.4, 0.5) is 5.69 Å². The van der Waals surface area contributed by atoms with E-state index in [1.165, 1.54) is 28.6 Å². The number of ether oxygens (including phenoxy) is 1. The maximum Gasteiger partial charge on any atom is 0.338 e. The number of imide groups is 1. The smallest absolute Gasteiger partial charge is 0.338 e. The molecule has 0 fully saturated rings. The van der Waals surface area contributed by atoms with Crippen molar-refractivity contribution in [3.8, 4) is 0 Å². The van der Waals surface area contributed by atoms with E-state index in [1.807, 2.05) is 12.1 Å². The highest BCUT2D eigenvalue weighted by molar-refractivity contribution is 7.92. The van der Waals surface area contributed by atoms with Crippen molar-refractivity contribution >= 4 is 33.5 Å². The second-order valence-corrected chi connectivity index (χ2v) is 9.79. The Balaban J connectivity index is 1.27. The van der Waals surface area contributed by atoms with Crippen LogP contribution in [0.5, 0.6) is 0 Å². The molecule has 2 aliphatic heterocycles. The van der Waals surface area contributed by atoms with Gasteiger partial charge in [0.15, 0.2) is 0 Å². The van der Waals surface area contributed by atoms with Crippen molar-refractivity contribution in [3.05, 3.63) is 95.1 Å². The van der Waals surface area contributed by atoms with Gasteiger partial charge in [-0.15, -0.1) is 0 Å². The molecular formula is C25H20N2O6S. The summed E-state index contributed by atoms with van der Waals surface area (Å²) in [6, 6.07) is 19.5. The zero-order valence-corrected chi connectivity index (χ0v) is 18.8. The Morgan fingerprint density at radius 2 is 1.56 bits per heavy atom. The summed E-state index contributed by atoms with van der Waals surface area (Å²) in [6.07, 6.45) is 0.620. The highest BCUT2D eigenvalue weighted by atomic mass is 32.2. The molecule has 0 spiro atoms. The minimum Gasteiger partial charge on any atom is -0.460 e. The molecule has 0 unspecified atom stereocenters. The van der Waals surface area contributed by atoms with Crippen LogP contribution in [0, 0.1) is 0 Å². The number of fused-ring (bicyclic) bond motifs is 2. The first kappa shape index (κ1) is 21.8. The average molecular weight is 477 g/mol. The van der Waals surface area contributed by atoms with Crippen LogP contribution >= 0.6 is 0 Å². The fraction of sp³-hybridized carbons (Fsp3) is 0.160. The topological polar surface area (TPSA) is 101 Å². The molecule has 0 atom stereocenters. The van der Waals surface area contributed by atoms with E-state index in [9.17, 15) is 22.8 Å². The molecule has 5 rings (SSSR count). The standard InChI is InChI=1S/C25H20N2O6S/c28-23-20-9-2-3-10-21(20)24(29)26(23)14-15-33-25(30)18-7-5-8-19(16-18)34(31,32)27-13-12-17-6-1-4-11-22(17)27/h1-11,16H,12-15H2. The van der Waals surface area contributed by atoms with Crippen LogP contribution in [0.1, 0.15) is 36.6 Å². The summed E-state index contributed by atoms with van der Waals surface area (Å²) >= 11 is 0. The van der Waals surface area contributed by atoms with Crippen LogP contribution < -0.4 is 4.31 Å². The van der Waals surface area contributed by atoms with Crippen LogP contribution in [-0.2, 0) is 21.2 Å². The van der Waals surface area contributed by atoms with Crippen LogP contribution in [0.3, 0.4) is 0 Å². The normalized spacial score (nSPS) is 14.8. The Morgan fingerprint density at radius 3 is 2.29 bits per heavy atom. The average Bonchev–Trinajstić information content (AvgIpc) is 3.40. The van der Waals surface area contributed by atoms with E-state index in [-0.39, 0.29) is 23.6 Å². The van der Waals surface area contributed by atoms with Crippen molar-refractivity contribution < 1.29 is 27.5 Å². The Kier molecular flexibility index (Phi) is 5.41. The summed E-state index contributed by atoms with van der Waals surface area (Å²) in [5.74, 6) is -1.61. The summed E-state index contributed by atoms with van der Waals surface area (Å²) in [7, 11) is -3.86. The van der Waals surface area contributed by atoms with Crippen molar-refractivity contribution in [2.24, 2.45) is 0 Å². The first-order valence-electron chi connectivity index (χ1n) is 10.7. The van der Waals surface area contributed by atoms with Gasteiger partial charge in [0, 0.05) is 6.54 Å². The second kappa shape index (κ2) is 8.42. The van der Waals surface area contributed by atoms with Gasteiger partial charge in [-0.25, -0.2) is 13.2 Å². The lowest BCUT2D eigenvalue weighted by molar-refractivity contribution is 0.0420. The van der Waals surface area contributed by atoms with Gasteiger partial charge in [0.05, 0.1) is 33.8 Å². The lowest BCUT2D eigenvalue weighted by Gasteiger charge is -2.20. The van der Waals surface area contributed by atoms with Gasteiger partial charge in [0.1, 0.15) is 6.61 Å². The molecule has 172 valence electrons. The summed E-state index contributed by atoms with van der Waals surface area (Å²) in [6.45, 7) is 0.0258. The molecule has 8 nitrogen and oxygen atoms in total. The quantitative estimate of drug-likeness (QED) is 0.401. The monoisotopic (exact) mass is 476 g/mol. The van der Waals surface area contributed by atoms with E-state index in [2.05, 4.69) is 0 Å². The number of nitrogens with zero attached hydrogens (tertiary/aromatic N) is 2. The van der Waals surface area contributed by atoms with Crippen molar-refractivity contribution in [2.75, 3.05) is 24.0 Å². The van der Waals surface area contributed by atoms with Crippen molar-refractivity contribution in [1.29, 1.82) is 0 Å². The fourth-order valence-corrected chi connectivity index (χ4v) is 5.77. The number of carbonyl (C=O) groups is 3. The van der Waals surface area contributed by atoms with Gasteiger partial charge in [-0.1, -0.05) is 36.4 Å². The molecule has 3 aromatic rings. The van der Waals surface area contributed by atoms with Crippen LogP contribution in [0.2, 0.25) is 0 Å². The van der Waals surface area contributed by atoms with E-state index in [0.29, 0.717) is 29.8 Å². The minimum atomic E-state index is -3.86. The van der Waals surface area contributed by atoms with E-state index < -0.39 is 27.8 Å². The highest BCUT2D eigenvalue weighted by Crippen LogP contribution is 2.32. The number of carbonyl (C=O) groups excluding carboxylic acids is 3. The van der Waals surface area contributed by atoms with Gasteiger partial charge in [-0.3, -0.25) is 18.8 Å². The van der Waals surface area contributed by atoms with E-state index in [0.717, 1.165) is 10.5 Å². The zero-order valence-electron chi connectivity index (χ0n) is 18.0. The molecule has 3 aromatic carbocycles. The summed E-state index contributed by atoms with van der Waals surface area (Å²) in [4.78, 5) is 38.4. The Bertz CT molecular complexity index is 1400. The number of amides is 2. The Hall–Kier alpha value is -3.98. The predicted molar refractivity (Wildman–Crippen MR) is 123 cm³/mol. The van der Waals surface area contributed by atoms with Crippen LogP contribution in [-0.4, -0.2) is 50.8 Å². The molecule has 2 heterocycles. The number of hydrogen-bond donors (Lipinski definition) is 0. The van der Waals surface area contributed by atoms with Gasteiger partial charge in [-0.2, -0.15) is 0 Å². The molecule has 0 aliphatic carbocycles. The third-order valence-corrected chi connectivity index (χ3v) is 7.74. The summed E-state index contributed by atoms with van der Waals surface area (Å²) < 4.78 is 33.0. The molecule has 0 bridgehead atoms. The van der Waals surface area contributed by atoms with E-state index in [4.69, 9.17) is 4.74 Å². The Labute approximate surface area is 196 Å². The number of anilines is 1. The molecule has 2 amide bonds. The zero-order chi connectivity index (χ0) is 23.9. The molecule has 9 heteroatoms. The highest BCUT2D eigenvalue weighted by Gasteiger charge is 2.35. The van der Waals surface area contributed by atoms with Crippen molar-refractivity contribution in [3.63, 3.8) is 0 Å². The molecule has 0 radical (unpaired) electrons. The maximum atomic E-state index is 13.2. The first-order chi connectivity index (χ1) is 16.4. The van der Waals surface area contributed by atoms with Gasteiger partial charge in [-0.05, 0) is 48.4 Å². The molecule has 2 aliphatic rings. The van der Waals surface area contributed by atoms with Gasteiger partial charge < -0.3 is 4.74 Å². The summed E-state index contributed by atoms with van der Waals surface area (Å²) in [5, 5.41) is 0. The first-order valence-corrected chi connectivity index (χ1v) is 12.1. The van der Waals surface area contributed by atoms with Gasteiger partial charge >= 0.3 is 5.97 Å². The lowest BCUT2D eigenvalue weighted by atomic mass is 10.1. The number of esters is 1. The second-order valence-electron chi connectivity index (χ2n) is 7.93. The summed E-state index contributed by atoms with van der Waals surface area (Å²) in [5.41, 5.74) is 2.29. The van der Waals surface area contributed by atoms with Gasteiger partial charge in [0.25, 0.3) is 21.8 Å². The number of benzene rings is 3. The van der Waals surface area contributed by atoms with E-state index in [1.54, 1.807) is 36.4 Å².